The second-order valence-corrected chi connectivity index (χ2v) is 7.58. The van der Waals surface area contributed by atoms with Crippen molar-refractivity contribution in [3.63, 3.8) is 0 Å². The highest BCUT2D eigenvalue weighted by Crippen LogP contribution is 2.24. The first-order valence-corrected chi connectivity index (χ1v) is 8.92. The molecule has 0 aliphatic heterocycles. The highest BCUT2D eigenvalue weighted by molar-refractivity contribution is 5.76. The quantitative estimate of drug-likeness (QED) is 0.839. The van der Waals surface area contributed by atoms with Crippen LogP contribution in [0.5, 0.6) is 5.88 Å². The van der Waals surface area contributed by atoms with Crippen molar-refractivity contribution in [2.75, 3.05) is 6.61 Å². The SMILES string of the molecule is CC(C)(C)Oc1cccc(CCC(=O)NC2CCCCC2CO)n1. The van der Waals surface area contributed by atoms with Crippen LogP contribution in [-0.4, -0.2) is 34.2 Å². The number of nitrogens with zero attached hydrogens (tertiary/aromatic N) is 1. The molecule has 0 saturated heterocycles. The van der Waals surface area contributed by atoms with Gasteiger partial charge in [-0.3, -0.25) is 4.79 Å². The van der Waals surface area contributed by atoms with E-state index in [0.29, 0.717) is 18.7 Å². The number of pyridine rings is 1. The van der Waals surface area contributed by atoms with Crippen LogP contribution in [0.1, 0.15) is 58.6 Å². The van der Waals surface area contributed by atoms with Crippen molar-refractivity contribution in [2.24, 2.45) is 5.92 Å². The number of amides is 1. The van der Waals surface area contributed by atoms with Crippen molar-refractivity contribution in [1.29, 1.82) is 0 Å². The summed E-state index contributed by atoms with van der Waals surface area (Å²) in [6, 6.07) is 5.77. The Bertz CT molecular complexity index is 540. The van der Waals surface area contributed by atoms with Crippen molar-refractivity contribution in [3.8, 4) is 5.88 Å². The zero-order valence-electron chi connectivity index (χ0n) is 15.0. The van der Waals surface area contributed by atoms with Crippen molar-refractivity contribution < 1.29 is 14.6 Å². The molecular formula is C19H30N2O3. The molecule has 5 heteroatoms. The molecule has 2 unspecified atom stereocenters. The van der Waals surface area contributed by atoms with E-state index in [-0.39, 0.29) is 30.1 Å². The van der Waals surface area contributed by atoms with Crippen LogP contribution in [-0.2, 0) is 11.2 Å². The number of carbonyl (C=O) groups is 1. The number of hydrogen-bond donors (Lipinski definition) is 2. The minimum absolute atomic E-state index is 0.0318. The Balaban J connectivity index is 1.84. The predicted molar refractivity (Wildman–Crippen MR) is 93.9 cm³/mol. The third-order valence-corrected chi connectivity index (χ3v) is 4.29. The van der Waals surface area contributed by atoms with Gasteiger partial charge in [0.1, 0.15) is 5.60 Å². The maximum Gasteiger partial charge on any atom is 0.220 e. The Morgan fingerprint density at radius 2 is 2.08 bits per heavy atom. The van der Waals surface area contributed by atoms with E-state index in [9.17, 15) is 9.90 Å². The van der Waals surface area contributed by atoms with Crippen LogP contribution in [0.2, 0.25) is 0 Å². The predicted octanol–water partition coefficient (Wildman–Crippen LogP) is 2.86. The average molecular weight is 334 g/mol. The molecule has 1 amide bonds. The normalized spacial score (nSPS) is 21.3. The highest BCUT2D eigenvalue weighted by Gasteiger charge is 2.25. The molecule has 0 radical (unpaired) electrons. The summed E-state index contributed by atoms with van der Waals surface area (Å²) < 4.78 is 5.76. The van der Waals surface area contributed by atoms with Gasteiger partial charge in [0.25, 0.3) is 0 Å². The Morgan fingerprint density at radius 3 is 2.79 bits per heavy atom. The van der Waals surface area contributed by atoms with Gasteiger partial charge in [0.2, 0.25) is 11.8 Å². The summed E-state index contributed by atoms with van der Waals surface area (Å²) in [5, 5.41) is 12.5. The Hall–Kier alpha value is -1.62. The summed E-state index contributed by atoms with van der Waals surface area (Å²) in [6.45, 7) is 6.10. The standard InChI is InChI=1S/C19H30N2O3/c1-19(2,3)24-18-10-6-8-15(20-18)11-12-17(23)21-16-9-5-4-7-14(16)13-22/h6,8,10,14,16,22H,4-5,7,9,11-13H2,1-3H3,(H,21,23). The molecule has 1 saturated carbocycles. The van der Waals surface area contributed by atoms with Crippen LogP contribution < -0.4 is 10.1 Å². The maximum atomic E-state index is 12.2. The fourth-order valence-electron chi connectivity index (χ4n) is 3.10. The van der Waals surface area contributed by atoms with Crippen LogP contribution in [0, 0.1) is 5.92 Å². The van der Waals surface area contributed by atoms with Crippen LogP contribution >= 0.6 is 0 Å². The monoisotopic (exact) mass is 334 g/mol. The number of aliphatic hydroxyl groups is 1. The van der Waals surface area contributed by atoms with E-state index in [0.717, 1.165) is 31.4 Å². The first-order chi connectivity index (χ1) is 11.4. The topological polar surface area (TPSA) is 71.5 Å². The smallest absolute Gasteiger partial charge is 0.220 e. The summed E-state index contributed by atoms with van der Waals surface area (Å²) in [5.74, 6) is 0.821. The summed E-state index contributed by atoms with van der Waals surface area (Å²) in [5.41, 5.74) is 0.567. The number of rotatable bonds is 6. The first kappa shape index (κ1) is 18.7. The van der Waals surface area contributed by atoms with Crippen LogP contribution in [0.25, 0.3) is 0 Å². The van der Waals surface area contributed by atoms with Gasteiger partial charge in [-0.2, -0.15) is 0 Å². The second-order valence-electron chi connectivity index (χ2n) is 7.58. The van der Waals surface area contributed by atoms with Gasteiger partial charge in [0.05, 0.1) is 0 Å². The van der Waals surface area contributed by atoms with Crippen molar-refractivity contribution in [1.82, 2.24) is 10.3 Å². The third-order valence-electron chi connectivity index (χ3n) is 4.29. The number of aliphatic hydroxyl groups excluding tert-OH is 1. The minimum atomic E-state index is -0.288. The molecule has 2 N–H and O–H groups in total. The van der Waals surface area contributed by atoms with E-state index in [1.165, 1.54) is 0 Å². The van der Waals surface area contributed by atoms with E-state index >= 15 is 0 Å². The van der Waals surface area contributed by atoms with Gasteiger partial charge in [0.15, 0.2) is 0 Å². The number of ether oxygens (including phenoxy) is 1. The number of hydrogen-bond acceptors (Lipinski definition) is 4. The van der Waals surface area contributed by atoms with E-state index in [1.807, 2.05) is 39.0 Å². The summed E-state index contributed by atoms with van der Waals surface area (Å²) >= 11 is 0. The van der Waals surface area contributed by atoms with Gasteiger partial charge in [-0.25, -0.2) is 4.98 Å². The molecule has 1 aliphatic carbocycles. The van der Waals surface area contributed by atoms with Gasteiger partial charge in [0, 0.05) is 36.7 Å². The Morgan fingerprint density at radius 1 is 1.33 bits per heavy atom. The Kier molecular flexibility index (Phi) is 6.60. The van der Waals surface area contributed by atoms with Gasteiger partial charge in [-0.15, -0.1) is 0 Å². The molecule has 1 fully saturated rings. The first-order valence-electron chi connectivity index (χ1n) is 8.92. The molecule has 2 atom stereocenters. The summed E-state index contributed by atoms with van der Waals surface area (Å²) in [6.07, 6.45) is 5.21. The molecule has 0 aromatic carbocycles. The largest absolute Gasteiger partial charge is 0.472 e. The molecule has 24 heavy (non-hydrogen) atoms. The number of carbonyl (C=O) groups excluding carboxylic acids is 1. The third kappa shape index (κ3) is 6.11. The van der Waals surface area contributed by atoms with E-state index < -0.39 is 0 Å². The molecular weight excluding hydrogens is 304 g/mol. The second kappa shape index (κ2) is 8.47. The average Bonchev–Trinajstić information content (AvgIpc) is 2.52. The lowest BCUT2D eigenvalue weighted by atomic mass is 9.85. The summed E-state index contributed by atoms with van der Waals surface area (Å²) in [7, 11) is 0. The summed E-state index contributed by atoms with van der Waals surface area (Å²) in [4.78, 5) is 16.7. The van der Waals surface area contributed by atoms with Gasteiger partial charge < -0.3 is 15.2 Å². The lowest BCUT2D eigenvalue weighted by Crippen LogP contribution is -2.43. The fraction of sp³-hybridized carbons (Fsp3) is 0.684. The van der Waals surface area contributed by atoms with Crippen molar-refractivity contribution in [2.45, 2.75) is 70.9 Å². The number of nitrogens with one attached hydrogen (secondary N) is 1. The molecule has 2 rings (SSSR count). The van der Waals surface area contributed by atoms with Gasteiger partial charge in [-0.05, 0) is 46.1 Å². The van der Waals surface area contributed by atoms with Crippen LogP contribution in [0.15, 0.2) is 18.2 Å². The lowest BCUT2D eigenvalue weighted by molar-refractivity contribution is -0.122. The van der Waals surface area contributed by atoms with E-state index in [4.69, 9.17) is 4.74 Å². The van der Waals surface area contributed by atoms with Crippen molar-refractivity contribution >= 4 is 5.91 Å². The van der Waals surface area contributed by atoms with Gasteiger partial charge >= 0.3 is 0 Å². The molecule has 134 valence electrons. The van der Waals surface area contributed by atoms with Crippen molar-refractivity contribution in [3.05, 3.63) is 23.9 Å². The fourth-order valence-corrected chi connectivity index (χ4v) is 3.10. The zero-order chi connectivity index (χ0) is 17.6. The molecule has 1 aromatic rings. The van der Waals surface area contributed by atoms with E-state index in [1.54, 1.807) is 0 Å². The molecule has 1 heterocycles. The molecule has 1 aromatic heterocycles. The number of aryl methyl sites for hydroxylation is 1. The Labute approximate surface area is 144 Å². The van der Waals surface area contributed by atoms with Crippen LogP contribution in [0.3, 0.4) is 0 Å². The highest BCUT2D eigenvalue weighted by atomic mass is 16.5. The van der Waals surface area contributed by atoms with Crippen LogP contribution in [0.4, 0.5) is 0 Å². The molecule has 5 nitrogen and oxygen atoms in total. The van der Waals surface area contributed by atoms with Gasteiger partial charge in [-0.1, -0.05) is 18.9 Å². The lowest BCUT2D eigenvalue weighted by Gasteiger charge is -2.30. The zero-order valence-corrected chi connectivity index (χ0v) is 15.0. The van der Waals surface area contributed by atoms with E-state index in [2.05, 4.69) is 10.3 Å². The molecule has 0 bridgehead atoms. The molecule has 1 aliphatic rings. The minimum Gasteiger partial charge on any atom is -0.472 e. The maximum absolute atomic E-state index is 12.2. The molecule has 0 spiro atoms. The number of aromatic nitrogens is 1.